The molecule has 0 atom stereocenters. The van der Waals surface area contributed by atoms with Gasteiger partial charge in [-0.2, -0.15) is 0 Å². The van der Waals surface area contributed by atoms with Crippen molar-refractivity contribution >= 4 is 43.7 Å². The van der Waals surface area contributed by atoms with Crippen molar-refractivity contribution in [1.82, 2.24) is 34.5 Å². The first-order chi connectivity index (χ1) is 50.9. The summed E-state index contributed by atoms with van der Waals surface area (Å²) in [4.78, 5) is 33.4. The topological polar surface area (TPSA) is 95.4 Å². The van der Waals surface area contributed by atoms with Crippen LogP contribution in [0.4, 0.5) is 0 Å². The maximum absolute atomic E-state index is 6.53. The number of aromatic nitrogens is 7. The number of nitrogens with zero attached hydrogens (tertiary/aromatic N) is 7. The van der Waals surface area contributed by atoms with Gasteiger partial charge in [0.25, 0.3) is 0 Å². The highest BCUT2D eigenvalue weighted by Gasteiger charge is 2.59. The average molecular weight is 1310 g/mol. The Hall–Kier alpha value is -13.3. The van der Waals surface area contributed by atoms with Crippen LogP contribution in [0, 0.1) is 0 Å². The molecule has 0 amide bonds. The van der Waals surface area contributed by atoms with E-state index in [0.717, 1.165) is 93.9 Å². The highest BCUT2D eigenvalue weighted by Crippen LogP contribution is 2.64. The highest BCUT2D eigenvalue weighted by atomic mass is 16.3. The summed E-state index contributed by atoms with van der Waals surface area (Å²) in [6.07, 6.45) is 0. The van der Waals surface area contributed by atoms with Gasteiger partial charge in [-0.3, -0.25) is 0 Å². The molecule has 0 spiro atoms. The van der Waals surface area contributed by atoms with Crippen LogP contribution in [0.1, 0.15) is 91.3 Å². The third-order valence-electron chi connectivity index (χ3n) is 23.0. The number of benzene rings is 14. The minimum absolute atomic E-state index is 0.0925. The van der Waals surface area contributed by atoms with E-state index in [9.17, 15) is 0 Å². The van der Waals surface area contributed by atoms with E-state index in [1.807, 2.05) is 18.2 Å². The first-order valence-electron chi connectivity index (χ1n) is 35.4. The largest absolute Gasteiger partial charge is 0.455 e. The first-order valence-corrected chi connectivity index (χ1v) is 35.4. The van der Waals surface area contributed by atoms with Crippen LogP contribution in [-0.4, -0.2) is 34.5 Å². The maximum atomic E-state index is 6.53. The molecule has 0 aliphatic heterocycles. The Kier molecular flexibility index (Phi) is 12.1. The van der Waals surface area contributed by atoms with E-state index in [-0.39, 0.29) is 11.3 Å². The molecule has 480 valence electrons. The van der Waals surface area contributed by atoms with Crippen LogP contribution >= 0.6 is 0 Å². The van der Waals surface area contributed by atoms with E-state index in [1.165, 1.54) is 66.8 Å². The van der Waals surface area contributed by atoms with Gasteiger partial charge in [-0.15, -0.1) is 0 Å². The lowest BCUT2D eigenvalue weighted by Gasteiger charge is -2.54. The molecule has 6 aliphatic rings. The van der Waals surface area contributed by atoms with E-state index in [0.29, 0.717) is 34.9 Å². The van der Waals surface area contributed by atoms with Crippen LogP contribution in [-0.2, 0) is 16.2 Å². The maximum Gasteiger partial charge on any atom is 0.163 e. The molecule has 14 aromatic carbocycles. The van der Waals surface area contributed by atoms with E-state index in [4.69, 9.17) is 34.3 Å². The van der Waals surface area contributed by atoms with Gasteiger partial charge >= 0.3 is 0 Å². The molecule has 8 nitrogen and oxygen atoms in total. The molecular formula is C95H59N7O. The lowest BCUT2D eigenvalue weighted by atomic mass is 9.47. The van der Waals surface area contributed by atoms with Crippen molar-refractivity contribution in [3.05, 3.63) is 412 Å². The van der Waals surface area contributed by atoms with Crippen molar-refractivity contribution in [2.24, 2.45) is 0 Å². The second-order valence-corrected chi connectivity index (χ2v) is 28.0. The Morgan fingerprint density at radius 1 is 0.282 bits per heavy atom. The van der Waals surface area contributed by atoms with Crippen LogP contribution in [0.2, 0.25) is 0 Å². The van der Waals surface area contributed by atoms with Crippen molar-refractivity contribution in [3.63, 3.8) is 0 Å². The van der Waals surface area contributed by atoms with Gasteiger partial charge in [0.05, 0.1) is 11.0 Å². The predicted octanol–water partition coefficient (Wildman–Crippen LogP) is 21.6. The predicted molar refractivity (Wildman–Crippen MR) is 411 cm³/mol. The molecule has 8 heteroatoms. The summed E-state index contributed by atoms with van der Waals surface area (Å²) in [5.41, 5.74) is 25.7. The summed E-state index contributed by atoms with van der Waals surface area (Å²) < 4.78 is 8.90. The minimum atomic E-state index is -0.824. The molecule has 24 rings (SSSR count). The number of hydrogen-bond donors (Lipinski definition) is 0. The van der Waals surface area contributed by atoms with Gasteiger partial charge in [-0.05, 0) is 133 Å². The molecule has 4 bridgehead atoms. The lowest BCUT2D eigenvalue weighted by molar-refractivity contribution is 0.514. The number of hydrogen-bond acceptors (Lipinski definition) is 7. The molecule has 4 aromatic heterocycles. The number of fused-ring (bicyclic) bond motifs is 6. The quantitative estimate of drug-likeness (QED) is 0.142. The Balaban J connectivity index is 0.644. The molecule has 4 heterocycles. The first kappa shape index (κ1) is 57.6. The standard InChI is InChI=1S/C95H59N7O/c1-93-76-34-13-16-37-79(76)95(80-38-17-14-35-77(80)93,81-39-18-15-36-78(81)93)92-98-87(60-22-3-2-4-23-60)97-90(101-92)63-52-55-83-72(56-63)66-24-8-19-40-82(66)102(83)64-53-50-58(51-54-64)57-42-46-61(47-43-57)88-96-89(62-48-44-59(45-49-62)65-29-21-30-68-67-25-9-20-41-84(67)103-86(65)68)100-91(99-88)94-73-31-10-5-26-69(73)85(70-27-6-11-32-74(70)94)71-28-7-12-33-75(71)94/h2-56,85H,1H3. The molecule has 0 fully saturated rings. The van der Waals surface area contributed by atoms with Gasteiger partial charge in [0.2, 0.25) is 0 Å². The molecular weight excluding hydrogens is 1260 g/mol. The Labute approximate surface area is 593 Å². The Morgan fingerprint density at radius 3 is 1.22 bits per heavy atom. The molecule has 103 heavy (non-hydrogen) atoms. The third kappa shape index (κ3) is 7.94. The fourth-order valence-corrected chi connectivity index (χ4v) is 18.5. The Morgan fingerprint density at radius 2 is 0.670 bits per heavy atom. The second-order valence-electron chi connectivity index (χ2n) is 28.0. The smallest absolute Gasteiger partial charge is 0.163 e. The molecule has 0 N–H and O–H groups in total. The zero-order valence-electron chi connectivity index (χ0n) is 55.9. The summed E-state index contributed by atoms with van der Waals surface area (Å²) in [5, 5.41) is 4.44. The van der Waals surface area contributed by atoms with Crippen LogP contribution in [0.5, 0.6) is 0 Å². The van der Waals surface area contributed by atoms with Crippen molar-refractivity contribution in [2.45, 2.75) is 29.1 Å². The van der Waals surface area contributed by atoms with Gasteiger partial charge in [-0.1, -0.05) is 291 Å². The fourth-order valence-electron chi connectivity index (χ4n) is 18.5. The SMILES string of the molecule is CC12c3ccccc3C(c3nc(-c4ccccc4)nc(-c4ccc5c(c4)c4ccccc4n5-c4ccc(-c5ccc(-c6nc(-c7ccc(-c8cccc9c8oc8ccccc89)cc7)nc(C78c9ccccc9C(c9ccccc97)c7ccccc78)n6)cc5)cc4)n3)(c3ccccc31)c1ccccc12. The summed E-state index contributed by atoms with van der Waals surface area (Å²) >= 11 is 0. The number of para-hydroxylation sites is 3. The van der Waals surface area contributed by atoms with Gasteiger partial charge in [0, 0.05) is 66.4 Å². The summed E-state index contributed by atoms with van der Waals surface area (Å²) in [7, 11) is 0. The number of furan rings is 1. The lowest BCUT2D eigenvalue weighted by Crippen LogP contribution is -2.50. The van der Waals surface area contributed by atoms with Gasteiger partial charge in [0.15, 0.2) is 34.9 Å². The van der Waals surface area contributed by atoms with Crippen LogP contribution < -0.4 is 0 Å². The molecule has 0 saturated heterocycles. The normalized spacial score (nSPS) is 17.8. The number of rotatable bonds is 9. The highest BCUT2D eigenvalue weighted by molar-refractivity contribution is 6.11. The minimum Gasteiger partial charge on any atom is -0.455 e. The average Bonchev–Trinajstić information content (AvgIpc) is 1.16. The second kappa shape index (κ2) is 21.6. The van der Waals surface area contributed by atoms with Crippen molar-refractivity contribution in [2.75, 3.05) is 0 Å². The van der Waals surface area contributed by atoms with E-state index < -0.39 is 10.8 Å². The van der Waals surface area contributed by atoms with Crippen LogP contribution in [0.25, 0.3) is 117 Å². The monoisotopic (exact) mass is 1310 g/mol. The molecule has 0 radical (unpaired) electrons. The fraction of sp³-hybridized carbons (Fsp3) is 0.0526. The Bertz CT molecular complexity index is 6350. The van der Waals surface area contributed by atoms with Gasteiger partial charge in [0.1, 0.15) is 22.0 Å². The molecule has 6 aliphatic carbocycles. The van der Waals surface area contributed by atoms with Crippen LogP contribution in [0.3, 0.4) is 0 Å². The van der Waals surface area contributed by atoms with Crippen molar-refractivity contribution in [3.8, 4) is 73.5 Å². The molecule has 0 saturated carbocycles. The molecule has 0 unspecified atom stereocenters. The van der Waals surface area contributed by atoms with Crippen LogP contribution in [0.15, 0.2) is 338 Å². The summed E-state index contributed by atoms with van der Waals surface area (Å²) in [6, 6.07) is 120. The zero-order valence-corrected chi connectivity index (χ0v) is 55.9. The zero-order chi connectivity index (χ0) is 67.7. The van der Waals surface area contributed by atoms with Gasteiger partial charge in [-0.25, -0.2) is 29.9 Å². The summed E-state index contributed by atoms with van der Waals surface area (Å²) in [5.74, 6) is 3.93. The van der Waals surface area contributed by atoms with E-state index >= 15 is 0 Å². The van der Waals surface area contributed by atoms with Crippen molar-refractivity contribution < 1.29 is 4.42 Å². The van der Waals surface area contributed by atoms with Crippen molar-refractivity contribution in [1.29, 1.82) is 0 Å². The van der Waals surface area contributed by atoms with Gasteiger partial charge < -0.3 is 8.98 Å². The van der Waals surface area contributed by atoms with E-state index in [1.54, 1.807) is 0 Å². The summed E-state index contributed by atoms with van der Waals surface area (Å²) in [6.45, 7) is 2.38. The third-order valence-corrected chi connectivity index (χ3v) is 23.0. The van der Waals surface area contributed by atoms with E-state index in [2.05, 4.69) is 327 Å². The molecule has 18 aromatic rings.